The lowest BCUT2D eigenvalue weighted by atomic mass is 10.2. The molecule has 3 aromatic rings. The van der Waals surface area contributed by atoms with Gasteiger partial charge in [-0.25, -0.2) is 8.42 Å². The van der Waals surface area contributed by atoms with Gasteiger partial charge in [-0.15, -0.1) is 0 Å². The van der Waals surface area contributed by atoms with Crippen LogP contribution in [0.3, 0.4) is 0 Å². The summed E-state index contributed by atoms with van der Waals surface area (Å²) in [6.45, 7) is 0.571. The number of amides is 1. The molecule has 26 heavy (non-hydrogen) atoms. The lowest BCUT2D eigenvalue weighted by Crippen LogP contribution is -2.12. The van der Waals surface area contributed by atoms with E-state index < -0.39 is 10.0 Å². The number of nitrogens with zero attached hydrogens (tertiary/aromatic N) is 2. The van der Waals surface area contributed by atoms with Crippen LogP contribution in [0, 0.1) is 0 Å². The second-order valence-electron chi connectivity index (χ2n) is 5.82. The van der Waals surface area contributed by atoms with Gasteiger partial charge in [0, 0.05) is 11.9 Å². The van der Waals surface area contributed by atoms with Crippen molar-refractivity contribution in [2.45, 2.75) is 6.54 Å². The van der Waals surface area contributed by atoms with Crippen LogP contribution in [0.25, 0.3) is 0 Å². The fraction of sp³-hybridized carbons (Fsp3) is 0.111. The highest BCUT2D eigenvalue weighted by atomic mass is 32.2. The smallest absolute Gasteiger partial charge is 0.258 e. The van der Waals surface area contributed by atoms with Crippen LogP contribution in [0.15, 0.2) is 67.0 Å². The van der Waals surface area contributed by atoms with Gasteiger partial charge in [0.25, 0.3) is 5.91 Å². The Morgan fingerprint density at radius 1 is 1.08 bits per heavy atom. The molecule has 0 aliphatic heterocycles. The molecule has 2 N–H and O–H groups in total. The molecule has 1 aromatic heterocycles. The highest BCUT2D eigenvalue weighted by Crippen LogP contribution is 2.17. The van der Waals surface area contributed by atoms with E-state index in [1.165, 1.54) is 6.20 Å². The number of rotatable bonds is 6. The van der Waals surface area contributed by atoms with E-state index in [9.17, 15) is 13.2 Å². The summed E-state index contributed by atoms with van der Waals surface area (Å²) in [6.07, 6.45) is 4.23. The minimum atomic E-state index is -3.38. The summed E-state index contributed by atoms with van der Waals surface area (Å²) in [7, 11) is -3.38. The monoisotopic (exact) mass is 370 g/mol. The quantitative estimate of drug-likeness (QED) is 0.697. The Labute approximate surface area is 151 Å². The Morgan fingerprint density at radius 3 is 2.54 bits per heavy atom. The Morgan fingerprint density at radius 2 is 1.81 bits per heavy atom. The highest BCUT2D eigenvalue weighted by molar-refractivity contribution is 7.92. The van der Waals surface area contributed by atoms with Gasteiger partial charge in [0.05, 0.1) is 30.2 Å². The number of benzene rings is 2. The molecule has 8 heteroatoms. The summed E-state index contributed by atoms with van der Waals surface area (Å²) in [6, 6.07) is 16.3. The van der Waals surface area contributed by atoms with E-state index in [1.807, 2.05) is 30.3 Å². The van der Waals surface area contributed by atoms with Crippen molar-refractivity contribution in [2.24, 2.45) is 0 Å². The molecule has 0 saturated heterocycles. The van der Waals surface area contributed by atoms with Gasteiger partial charge in [0.1, 0.15) is 0 Å². The summed E-state index contributed by atoms with van der Waals surface area (Å²) in [5.74, 6) is -0.319. The second kappa shape index (κ2) is 7.40. The lowest BCUT2D eigenvalue weighted by Gasteiger charge is -2.07. The minimum Gasteiger partial charge on any atom is -0.322 e. The third kappa shape index (κ3) is 4.93. The van der Waals surface area contributed by atoms with E-state index in [2.05, 4.69) is 15.1 Å². The van der Waals surface area contributed by atoms with E-state index in [-0.39, 0.29) is 5.91 Å². The summed E-state index contributed by atoms with van der Waals surface area (Å²) >= 11 is 0. The van der Waals surface area contributed by atoms with Gasteiger partial charge in [0.15, 0.2) is 0 Å². The van der Waals surface area contributed by atoms with Crippen molar-refractivity contribution < 1.29 is 13.2 Å². The molecule has 0 unspecified atom stereocenters. The lowest BCUT2D eigenvalue weighted by molar-refractivity contribution is 0.102. The van der Waals surface area contributed by atoms with Gasteiger partial charge >= 0.3 is 0 Å². The maximum atomic E-state index is 12.4. The molecule has 0 atom stereocenters. The molecule has 0 aliphatic carbocycles. The Hall–Kier alpha value is -3.13. The molecule has 0 saturated carbocycles. The minimum absolute atomic E-state index is 0.319. The second-order valence-corrected chi connectivity index (χ2v) is 7.57. The van der Waals surface area contributed by atoms with Crippen LogP contribution in [-0.4, -0.2) is 30.4 Å². The number of hydrogen-bond donors (Lipinski definition) is 2. The predicted molar refractivity (Wildman–Crippen MR) is 101 cm³/mol. The molecule has 1 amide bonds. The maximum Gasteiger partial charge on any atom is 0.258 e. The van der Waals surface area contributed by atoms with Gasteiger partial charge < -0.3 is 5.32 Å². The molecule has 7 nitrogen and oxygen atoms in total. The van der Waals surface area contributed by atoms with Gasteiger partial charge in [0.2, 0.25) is 10.0 Å². The first kappa shape index (κ1) is 17.7. The van der Waals surface area contributed by atoms with E-state index in [0.29, 0.717) is 23.5 Å². The van der Waals surface area contributed by atoms with Gasteiger partial charge in [-0.3, -0.25) is 14.2 Å². The maximum absolute atomic E-state index is 12.4. The third-order valence-electron chi connectivity index (χ3n) is 3.51. The van der Waals surface area contributed by atoms with Crippen LogP contribution in [0.4, 0.5) is 11.4 Å². The van der Waals surface area contributed by atoms with E-state index in [4.69, 9.17) is 0 Å². The van der Waals surface area contributed by atoms with Gasteiger partial charge in [-0.1, -0.05) is 36.4 Å². The molecular formula is C18H18N4O3S. The molecule has 1 heterocycles. The van der Waals surface area contributed by atoms with E-state index in [1.54, 1.807) is 35.1 Å². The van der Waals surface area contributed by atoms with Crippen LogP contribution in [0.1, 0.15) is 15.9 Å². The normalized spacial score (nSPS) is 11.1. The third-order valence-corrected chi connectivity index (χ3v) is 4.11. The first-order chi connectivity index (χ1) is 12.4. The molecule has 2 aromatic carbocycles. The number of anilines is 2. The zero-order valence-electron chi connectivity index (χ0n) is 14.1. The summed E-state index contributed by atoms with van der Waals surface area (Å²) in [4.78, 5) is 12.4. The number of nitrogens with one attached hydrogen (secondary N) is 2. The SMILES string of the molecule is CS(=O)(=O)Nc1cccc(NC(=O)c2cnn(Cc3ccccc3)c2)c1. The summed E-state index contributed by atoms with van der Waals surface area (Å²) in [5.41, 5.74) is 2.37. The van der Waals surface area contributed by atoms with Crippen LogP contribution in [0.5, 0.6) is 0 Å². The fourth-order valence-corrected chi connectivity index (χ4v) is 2.97. The topological polar surface area (TPSA) is 93.1 Å². The van der Waals surface area contributed by atoms with Crippen LogP contribution < -0.4 is 10.0 Å². The Bertz CT molecular complexity index is 1010. The summed E-state index contributed by atoms with van der Waals surface area (Å²) in [5, 5.41) is 6.94. The average Bonchev–Trinajstić information content (AvgIpc) is 3.03. The van der Waals surface area contributed by atoms with Crippen molar-refractivity contribution in [3.63, 3.8) is 0 Å². The number of carbonyl (C=O) groups is 1. The van der Waals surface area contributed by atoms with E-state index >= 15 is 0 Å². The van der Waals surface area contributed by atoms with Crippen LogP contribution in [-0.2, 0) is 16.6 Å². The van der Waals surface area contributed by atoms with Crippen molar-refractivity contribution in [1.29, 1.82) is 0 Å². The van der Waals surface area contributed by atoms with Gasteiger partial charge in [-0.05, 0) is 23.8 Å². The van der Waals surface area contributed by atoms with Crippen molar-refractivity contribution in [1.82, 2.24) is 9.78 Å². The summed E-state index contributed by atoms with van der Waals surface area (Å²) < 4.78 is 26.7. The fourth-order valence-electron chi connectivity index (χ4n) is 2.42. The Kier molecular flexibility index (Phi) is 5.04. The van der Waals surface area contributed by atoms with Crippen LogP contribution in [0.2, 0.25) is 0 Å². The highest BCUT2D eigenvalue weighted by Gasteiger charge is 2.10. The standard InChI is InChI=1S/C18H18N4O3S/c1-26(24,25)21-17-9-5-8-16(10-17)20-18(23)15-11-19-22(13-15)12-14-6-3-2-4-7-14/h2-11,13,21H,12H2,1H3,(H,20,23). The molecule has 3 rings (SSSR count). The van der Waals surface area contributed by atoms with Crippen molar-refractivity contribution in [3.05, 3.63) is 78.1 Å². The molecule has 0 aliphatic rings. The van der Waals surface area contributed by atoms with Crippen molar-refractivity contribution in [3.8, 4) is 0 Å². The zero-order valence-corrected chi connectivity index (χ0v) is 14.9. The number of carbonyl (C=O) groups excluding carboxylic acids is 1. The van der Waals surface area contributed by atoms with Gasteiger partial charge in [-0.2, -0.15) is 5.10 Å². The van der Waals surface area contributed by atoms with Crippen molar-refractivity contribution in [2.75, 3.05) is 16.3 Å². The first-order valence-electron chi connectivity index (χ1n) is 7.85. The van der Waals surface area contributed by atoms with Crippen molar-refractivity contribution >= 4 is 27.3 Å². The van der Waals surface area contributed by atoms with E-state index in [0.717, 1.165) is 11.8 Å². The number of sulfonamides is 1. The number of aromatic nitrogens is 2. The molecular weight excluding hydrogens is 352 g/mol. The molecule has 134 valence electrons. The molecule has 0 bridgehead atoms. The predicted octanol–water partition coefficient (Wildman–Crippen LogP) is 2.56. The number of hydrogen-bond acceptors (Lipinski definition) is 4. The largest absolute Gasteiger partial charge is 0.322 e. The average molecular weight is 370 g/mol. The zero-order chi connectivity index (χ0) is 18.6. The Balaban J connectivity index is 1.68. The molecule has 0 radical (unpaired) electrons. The first-order valence-corrected chi connectivity index (χ1v) is 9.74. The van der Waals surface area contributed by atoms with Crippen LogP contribution >= 0.6 is 0 Å². The molecule has 0 fully saturated rings. The molecule has 0 spiro atoms.